The fourth-order valence-corrected chi connectivity index (χ4v) is 9.39. The third-order valence-electron chi connectivity index (χ3n) is 12.3. The van der Waals surface area contributed by atoms with Crippen molar-refractivity contribution < 1.29 is 19.1 Å². The normalized spacial score (nSPS) is 25.7. The number of piperidine rings is 2. The SMILES string of the molecule is N#Cc1ccc(O[C@H]2CC[C@H](NC(=O)c3ccc(N4C[C@@H]5[C@H](CN6CCC(n7ncc8c(N9CCC(=O)NC9=O)cccc87)CC6)[C@@H]5C4)nn3)CC2)cc1Cl. The Labute approximate surface area is 323 Å². The van der Waals surface area contributed by atoms with Gasteiger partial charge in [0, 0.05) is 63.2 Å². The number of fused-ring (bicyclic) bond motifs is 2. The number of halogens is 1. The average Bonchev–Trinajstić information content (AvgIpc) is 3.49. The second-order valence-electron chi connectivity index (χ2n) is 15.6. The molecule has 0 radical (unpaired) electrons. The van der Waals surface area contributed by atoms with Crippen molar-refractivity contribution in [2.75, 3.05) is 49.1 Å². The smallest absolute Gasteiger partial charge is 0.328 e. The van der Waals surface area contributed by atoms with Gasteiger partial charge in [-0.3, -0.25) is 24.5 Å². The number of urea groups is 1. The number of carbonyl (C=O) groups is 3. The first-order valence-corrected chi connectivity index (χ1v) is 19.7. The van der Waals surface area contributed by atoms with E-state index in [1.54, 1.807) is 29.2 Å². The molecule has 5 fully saturated rings. The van der Waals surface area contributed by atoms with Gasteiger partial charge in [-0.2, -0.15) is 10.4 Å². The highest BCUT2D eigenvalue weighted by molar-refractivity contribution is 6.31. The molecule has 2 aromatic heterocycles. The summed E-state index contributed by atoms with van der Waals surface area (Å²) in [7, 11) is 0. The topological polar surface area (TPSA) is 162 Å². The molecule has 55 heavy (non-hydrogen) atoms. The number of ether oxygens (including phenoxy) is 1. The van der Waals surface area contributed by atoms with Crippen LogP contribution in [0.25, 0.3) is 10.9 Å². The molecule has 14 nitrogen and oxygen atoms in total. The van der Waals surface area contributed by atoms with Crippen LogP contribution in [0, 0.1) is 29.1 Å². The Morgan fingerprint density at radius 1 is 0.982 bits per heavy atom. The highest BCUT2D eigenvalue weighted by Crippen LogP contribution is 2.53. The monoisotopic (exact) mass is 762 g/mol. The van der Waals surface area contributed by atoms with E-state index >= 15 is 0 Å². The van der Waals surface area contributed by atoms with Crippen LogP contribution in [-0.2, 0) is 4.79 Å². The van der Waals surface area contributed by atoms with Gasteiger partial charge in [0.25, 0.3) is 5.91 Å². The van der Waals surface area contributed by atoms with E-state index < -0.39 is 0 Å². The standard InChI is InChI=1S/C40H43ClN10O4/c41-33-18-28(7-4-24(33)19-42)55-27-8-5-25(6-9-27)44-39(53)34-10-11-37(47-46-34)49-22-31-30(32(31)23-49)21-48-15-12-26(13-16-48)51-36-3-1-2-35(29(36)20-43-51)50-17-14-38(52)45-40(50)54/h1-4,7,10-11,18,20,25-27,30-32H,5-6,8-9,12-17,21-23H2,(H,44,53)(H,45,52,54)/t25-,27-,30-,31+,32-. The quantitative estimate of drug-likeness (QED) is 0.239. The van der Waals surface area contributed by atoms with Crippen LogP contribution in [0.1, 0.15) is 67.0 Å². The van der Waals surface area contributed by atoms with Crippen molar-refractivity contribution in [3.8, 4) is 11.8 Å². The molecule has 15 heteroatoms. The summed E-state index contributed by atoms with van der Waals surface area (Å²) in [6.07, 6.45) is 7.44. The first kappa shape index (κ1) is 35.4. The molecule has 2 saturated carbocycles. The molecule has 2 N–H and O–H groups in total. The molecule has 3 aliphatic heterocycles. The first-order valence-electron chi connectivity index (χ1n) is 19.4. The third kappa shape index (κ3) is 7.18. The predicted octanol–water partition coefficient (Wildman–Crippen LogP) is 4.94. The lowest BCUT2D eigenvalue weighted by Crippen LogP contribution is -2.49. The number of anilines is 2. The minimum atomic E-state index is -0.379. The number of likely N-dealkylation sites (tertiary alicyclic amines) is 1. The van der Waals surface area contributed by atoms with Crippen molar-refractivity contribution in [3.63, 3.8) is 0 Å². The molecule has 0 bridgehead atoms. The van der Waals surface area contributed by atoms with Crippen LogP contribution < -0.4 is 25.2 Å². The molecule has 5 aliphatic rings. The Hall–Kier alpha value is -5.26. The molecule has 4 aromatic rings. The lowest BCUT2D eigenvalue weighted by molar-refractivity contribution is -0.120. The summed E-state index contributed by atoms with van der Waals surface area (Å²) >= 11 is 6.15. The van der Waals surface area contributed by atoms with Crippen molar-refractivity contribution in [2.24, 2.45) is 17.8 Å². The number of benzene rings is 2. The molecular weight excluding hydrogens is 720 g/mol. The second kappa shape index (κ2) is 14.8. The molecule has 2 aliphatic carbocycles. The van der Waals surface area contributed by atoms with Crippen LogP contribution in [0.2, 0.25) is 5.02 Å². The number of nitrogens with zero attached hydrogens (tertiary/aromatic N) is 8. The number of nitriles is 1. The number of aromatic nitrogens is 4. The van der Waals surface area contributed by atoms with Gasteiger partial charge >= 0.3 is 6.03 Å². The Morgan fingerprint density at radius 2 is 1.78 bits per heavy atom. The predicted molar refractivity (Wildman–Crippen MR) is 205 cm³/mol. The van der Waals surface area contributed by atoms with Crippen LogP contribution >= 0.6 is 11.6 Å². The summed E-state index contributed by atoms with van der Waals surface area (Å²) in [5.74, 6) is 3.05. The van der Waals surface area contributed by atoms with Crippen LogP contribution in [0.15, 0.2) is 54.7 Å². The summed E-state index contributed by atoms with van der Waals surface area (Å²) in [5.41, 5.74) is 2.56. The van der Waals surface area contributed by atoms with E-state index in [1.807, 2.05) is 24.4 Å². The number of amides is 4. The zero-order valence-corrected chi connectivity index (χ0v) is 31.2. The van der Waals surface area contributed by atoms with Gasteiger partial charge < -0.3 is 19.9 Å². The minimum absolute atomic E-state index is 0.0348. The zero-order valence-electron chi connectivity index (χ0n) is 30.4. The van der Waals surface area contributed by atoms with Gasteiger partial charge in [-0.1, -0.05) is 17.7 Å². The van der Waals surface area contributed by atoms with Gasteiger partial charge in [-0.15, -0.1) is 10.2 Å². The lowest BCUT2D eigenvalue weighted by atomic mass is 9.93. The molecular formula is C40H43ClN10O4. The largest absolute Gasteiger partial charge is 0.490 e. The summed E-state index contributed by atoms with van der Waals surface area (Å²) in [5, 5.41) is 29.5. The minimum Gasteiger partial charge on any atom is -0.490 e. The highest BCUT2D eigenvalue weighted by Gasteiger charge is 2.56. The van der Waals surface area contributed by atoms with E-state index in [9.17, 15) is 14.4 Å². The van der Waals surface area contributed by atoms with E-state index in [4.69, 9.17) is 26.7 Å². The van der Waals surface area contributed by atoms with E-state index in [2.05, 4.69) is 47.4 Å². The number of hydrogen-bond acceptors (Lipinski definition) is 10. The maximum Gasteiger partial charge on any atom is 0.328 e. The van der Waals surface area contributed by atoms with Crippen LogP contribution in [0.3, 0.4) is 0 Å². The maximum atomic E-state index is 13.0. The molecule has 5 heterocycles. The fourth-order valence-electron chi connectivity index (χ4n) is 9.18. The highest BCUT2D eigenvalue weighted by atomic mass is 35.5. The molecule has 0 unspecified atom stereocenters. The first-order chi connectivity index (χ1) is 26.8. The van der Waals surface area contributed by atoms with E-state index in [1.165, 1.54) is 0 Å². The Bertz CT molecular complexity index is 2140. The number of nitrogens with one attached hydrogen (secondary N) is 2. The molecule has 3 saturated heterocycles. The molecule has 4 amide bonds. The van der Waals surface area contributed by atoms with Gasteiger partial charge in [0.15, 0.2) is 11.5 Å². The molecule has 284 valence electrons. The molecule has 0 spiro atoms. The van der Waals surface area contributed by atoms with Crippen LogP contribution in [0.4, 0.5) is 16.3 Å². The average molecular weight is 763 g/mol. The summed E-state index contributed by atoms with van der Waals surface area (Å²) < 4.78 is 8.21. The fraction of sp³-hybridized carbons (Fsp3) is 0.475. The molecule has 3 atom stereocenters. The van der Waals surface area contributed by atoms with Crippen molar-refractivity contribution in [1.82, 2.24) is 35.5 Å². The Morgan fingerprint density at radius 3 is 2.49 bits per heavy atom. The van der Waals surface area contributed by atoms with Crippen molar-refractivity contribution >= 4 is 51.9 Å². The van der Waals surface area contributed by atoms with Gasteiger partial charge in [-0.25, -0.2) is 4.79 Å². The Kier molecular flexibility index (Phi) is 9.51. The molecule has 9 rings (SSSR count). The third-order valence-corrected chi connectivity index (χ3v) is 12.6. The van der Waals surface area contributed by atoms with Crippen molar-refractivity contribution in [2.45, 2.75) is 63.1 Å². The number of hydrogen-bond donors (Lipinski definition) is 2. The van der Waals surface area contributed by atoms with E-state index in [-0.39, 0.29) is 36.4 Å². The summed E-state index contributed by atoms with van der Waals surface area (Å²) in [4.78, 5) is 43.8. The molecule has 2 aromatic carbocycles. The van der Waals surface area contributed by atoms with E-state index in [0.717, 1.165) is 93.7 Å². The van der Waals surface area contributed by atoms with Gasteiger partial charge in [0.2, 0.25) is 5.91 Å². The van der Waals surface area contributed by atoms with E-state index in [0.29, 0.717) is 52.4 Å². The zero-order chi connectivity index (χ0) is 37.6. The van der Waals surface area contributed by atoms with Crippen LogP contribution in [-0.4, -0.2) is 94.1 Å². The van der Waals surface area contributed by atoms with Gasteiger partial charge in [-0.05, 0) is 92.7 Å². The van der Waals surface area contributed by atoms with Gasteiger partial charge in [0.05, 0.1) is 40.1 Å². The second-order valence-corrected chi connectivity index (χ2v) is 16.0. The van der Waals surface area contributed by atoms with Gasteiger partial charge in [0.1, 0.15) is 11.8 Å². The summed E-state index contributed by atoms with van der Waals surface area (Å²) in [6, 6.07) is 16.8. The van der Waals surface area contributed by atoms with Crippen molar-refractivity contribution in [1.29, 1.82) is 5.26 Å². The number of carbonyl (C=O) groups excluding carboxylic acids is 3. The maximum absolute atomic E-state index is 13.0. The number of rotatable bonds is 9. The van der Waals surface area contributed by atoms with Crippen molar-refractivity contribution in [3.05, 3.63) is 71.0 Å². The number of imide groups is 1. The summed E-state index contributed by atoms with van der Waals surface area (Å²) in [6.45, 7) is 5.48. The lowest BCUT2D eigenvalue weighted by Gasteiger charge is -2.33. The van der Waals surface area contributed by atoms with Crippen LogP contribution in [0.5, 0.6) is 5.75 Å². The Balaban J connectivity index is 0.710.